The number of aromatic nitrogens is 2. The van der Waals surface area contributed by atoms with Gasteiger partial charge in [0.05, 0.1) is 11.7 Å². The molecule has 0 amide bonds. The first-order valence-corrected chi connectivity index (χ1v) is 7.39. The highest BCUT2D eigenvalue weighted by atomic mass is 79.9. The van der Waals surface area contributed by atoms with Crippen LogP contribution < -0.4 is 5.32 Å². The van der Waals surface area contributed by atoms with Gasteiger partial charge in [-0.05, 0) is 49.2 Å². The first-order valence-electron chi connectivity index (χ1n) is 6.60. The molecule has 0 aliphatic rings. The van der Waals surface area contributed by atoms with E-state index in [1.807, 2.05) is 17.9 Å². The summed E-state index contributed by atoms with van der Waals surface area (Å²) in [7, 11) is 1.99. The van der Waals surface area contributed by atoms with E-state index in [4.69, 9.17) is 0 Å². The zero-order chi connectivity index (χ0) is 13.8. The summed E-state index contributed by atoms with van der Waals surface area (Å²) < 4.78 is 3.05. The Hall–Kier alpha value is -1.13. The molecule has 0 aliphatic heterocycles. The molecular weight excluding hydrogens is 302 g/mol. The van der Waals surface area contributed by atoms with Crippen LogP contribution in [0.1, 0.15) is 36.2 Å². The largest absolute Gasteiger partial charge is 0.305 e. The van der Waals surface area contributed by atoms with Gasteiger partial charge in [-0.1, -0.05) is 28.9 Å². The van der Waals surface area contributed by atoms with Crippen molar-refractivity contribution in [1.29, 1.82) is 0 Å². The molecule has 0 aliphatic carbocycles. The fraction of sp³-hybridized carbons (Fsp3) is 0.400. The lowest BCUT2D eigenvalue weighted by Gasteiger charge is -2.20. The highest BCUT2D eigenvalue weighted by molar-refractivity contribution is 9.10. The minimum atomic E-state index is 0.184. The van der Waals surface area contributed by atoms with E-state index in [9.17, 15) is 0 Å². The van der Waals surface area contributed by atoms with E-state index >= 15 is 0 Å². The van der Waals surface area contributed by atoms with Crippen LogP contribution in [0.4, 0.5) is 0 Å². The Bertz CT molecular complexity index is 528. The van der Waals surface area contributed by atoms with Crippen LogP contribution in [0.3, 0.4) is 0 Å². The molecule has 1 N–H and O–H groups in total. The van der Waals surface area contributed by atoms with Crippen LogP contribution in [0.25, 0.3) is 0 Å². The molecule has 0 saturated heterocycles. The molecular formula is C15H20BrN3. The molecule has 1 heterocycles. The van der Waals surface area contributed by atoms with E-state index in [-0.39, 0.29) is 6.04 Å². The van der Waals surface area contributed by atoms with Crippen molar-refractivity contribution in [2.45, 2.75) is 26.3 Å². The van der Waals surface area contributed by atoms with Gasteiger partial charge in [-0.25, -0.2) is 0 Å². The molecule has 0 saturated carbocycles. The van der Waals surface area contributed by atoms with E-state index in [0.717, 1.165) is 17.4 Å². The summed E-state index contributed by atoms with van der Waals surface area (Å²) in [4.78, 5) is 0. The van der Waals surface area contributed by atoms with Crippen molar-refractivity contribution in [2.75, 3.05) is 6.54 Å². The first kappa shape index (κ1) is 14.3. The third kappa shape index (κ3) is 3.45. The molecule has 1 aromatic carbocycles. The highest BCUT2D eigenvalue weighted by Crippen LogP contribution is 2.25. The summed E-state index contributed by atoms with van der Waals surface area (Å²) in [5, 5.41) is 7.88. The molecule has 0 spiro atoms. The predicted molar refractivity (Wildman–Crippen MR) is 82.2 cm³/mol. The summed E-state index contributed by atoms with van der Waals surface area (Å²) in [6.07, 6.45) is 2.96. The number of hydrogen-bond acceptors (Lipinski definition) is 2. The number of halogens is 1. The second-order valence-corrected chi connectivity index (χ2v) is 5.74. The second kappa shape index (κ2) is 6.35. The van der Waals surface area contributed by atoms with Crippen molar-refractivity contribution in [3.05, 3.63) is 51.8 Å². The summed E-state index contributed by atoms with van der Waals surface area (Å²) in [6, 6.07) is 8.79. The third-order valence-corrected chi connectivity index (χ3v) is 3.61. The molecule has 2 aromatic rings. The fourth-order valence-electron chi connectivity index (χ4n) is 2.28. The monoisotopic (exact) mass is 321 g/mol. The molecule has 3 nitrogen and oxygen atoms in total. The Labute approximate surface area is 123 Å². The maximum atomic E-state index is 4.28. The van der Waals surface area contributed by atoms with Gasteiger partial charge in [0.25, 0.3) is 0 Å². The van der Waals surface area contributed by atoms with Crippen LogP contribution in [-0.4, -0.2) is 16.3 Å². The van der Waals surface area contributed by atoms with E-state index in [1.54, 1.807) is 0 Å². The quantitative estimate of drug-likeness (QED) is 0.912. The van der Waals surface area contributed by atoms with Crippen molar-refractivity contribution in [3.8, 4) is 0 Å². The second-order valence-electron chi connectivity index (χ2n) is 4.83. The third-order valence-electron chi connectivity index (χ3n) is 3.15. The van der Waals surface area contributed by atoms with Gasteiger partial charge in [0, 0.05) is 17.7 Å². The number of nitrogens with zero attached hydrogens (tertiary/aromatic N) is 2. The summed E-state index contributed by atoms with van der Waals surface area (Å²) in [6.45, 7) is 5.29. The number of nitrogens with one attached hydrogen (secondary N) is 1. The predicted octanol–water partition coefficient (Wildman–Crippen LogP) is 3.58. The van der Waals surface area contributed by atoms with E-state index in [0.29, 0.717) is 0 Å². The van der Waals surface area contributed by atoms with Crippen molar-refractivity contribution < 1.29 is 0 Å². The lowest BCUT2D eigenvalue weighted by Crippen LogP contribution is -2.25. The smallest absolute Gasteiger partial charge is 0.0748 e. The molecule has 2 rings (SSSR count). The van der Waals surface area contributed by atoms with Crippen LogP contribution in [0.15, 0.2) is 34.9 Å². The van der Waals surface area contributed by atoms with Crippen molar-refractivity contribution in [1.82, 2.24) is 15.1 Å². The number of rotatable bonds is 5. The van der Waals surface area contributed by atoms with Crippen molar-refractivity contribution >= 4 is 15.9 Å². The minimum Gasteiger partial charge on any atom is -0.305 e. The average Bonchev–Trinajstić information content (AvgIpc) is 2.75. The standard InChI is InChI=1S/C15H20BrN3/c1-4-6-17-15(14-5-7-18-19(14)3)12-8-11(2)9-13(16)10-12/h5,7-10,15,17H,4,6H2,1-3H3. The SMILES string of the molecule is CCCNC(c1cc(C)cc(Br)c1)c1ccnn1C. The molecule has 0 fully saturated rings. The summed E-state index contributed by atoms with van der Waals surface area (Å²) in [5.74, 6) is 0. The topological polar surface area (TPSA) is 29.9 Å². The molecule has 0 radical (unpaired) electrons. The van der Waals surface area contributed by atoms with Crippen LogP contribution in [0.5, 0.6) is 0 Å². The number of benzene rings is 1. The van der Waals surface area contributed by atoms with Gasteiger partial charge in [0.1, 0.15) is 0 Å². The molecule has 102 valence electrons. The van der Waals surface area contributed by atoms with Crippen molar-refractivity contribution in [3.63, 3.8) is 0 Å². The van der Waals surface area contributed by atoms with Gasteiger partial charge in [-0.2, -0.15) is 5.10 Å². The van der Waals surface area contributed by atoms with Gasteiger partial charge in [-0.3, -0.25) is 4.68 Å². The van der Waals surface area contributed by atoms with Crippen molar-refractivity contribution in [2.24, 2.45) is 7.05 Å². The zero-order valence-electron chi connectivity index (χ0n) is 11.7. The summed E-state index contributed by atoms with van der Waals surface area (Å²) >= 11 is 3.58. The van der Waals surface area contributed by atoms with Gasteiger partial charge in [0.15, 0.2) is 0 Å². The first-order chi connectivity index (χ1) is 9.11. The molecule has 1 atom stereocenters. The van der Waals surface area contributed by atoms with E-state index < -0.39 is 0 Å². The lowest BCUT2D eigenvalue weighted by molar-refractivity contribution is 0.553. The average molecular weight is 322 g/mol. The molecule has 1 aromatic heterocycles. The Morgan fingerprint density at radius 2 is 2.16 bits per heavy atom. The molecule has 1 unspecified atom stereocenters. The van der Waals surface area contributed by atoms with Crippen LogP contribution in [-0.2, 0) is 7.05 Å². The maximum absolute atomic E-state index is 4.28. The van der Waals surface area contributed by atoms with Crippen LogP contribution in [0.2, 0.25) is 0 Å². The fourth-order valence-corrected chi connectivity index (χ4v) is 2.91. The molecule has 19 heavy (non-hydrogen) atoms. The lowest BCUT2D eigenvalue weighted by atomic mass is 10.0. The Balaban J connectivity index is 2.39. The van der Waals surface area contributed by atoms with Crippen LogP contribution >= 0.6 is 15.9 Å². The highest BCUT2D eigenvalue weighted by Gasteiger charge is 2.17. The van der Waals surface area contributed by atoms with E-state index in [1.165, 1.54) is 16.8 Å². The maximum Gasteiger partial charge on any atom is 0.0748 e. The zero-order valence-corrected chi connectivity index (χ0v) is 13.2. The molecule has 4 heteroatoms. The Kier molecular flexibility index (Phi) is 4.77. The Morgan fingerprint density at radius 3 is 2.74 bits per heavy atom. The minimum absolute atomic E-state index is 0.184. The van der Waals surface area contributed by atoms with Gasteiger partial charge in [0.2, 0.25) is 0 Å². The molecule has 0 bridgehead atoms. The number of aryl methyl sites for hydroxylation is 2. The number of hydrogen-bond donors (Lipinski definition) is 1. The normalized spacial score (nSPS) is 12.6. The van der Waals surface area contributed by atoms with Gasteiger partial charge >= 0.3 is 0 Å². The van der Waals surface area contributed by atoms with Gasteiger partial charge in [-0.15, -0.1) is 0 Å². The van der Waals surface area contributed by atoms with Crippen LogP contribution in [0, 0.1) is 6.92 Å². The van der Waals surface area contributed by atoms with E-state index in [2.05, 4.69) is 64.5 Å². The Morgan fingerprint density at radius 1 is 1.37 bits per heavy atom. The summed E-state index contributed by atoms with van der Waals surface area (Å²) in [5.41, 5.74) is 3.71. The van der Waals surface area contributed by atoms with Gasteiger partial charge < -0.3 is 5.32 Å².